The predicted octanol–water partition coefficient (Wildman–Crippen LogP) is 4.02. The molecule has 0 amide bonds. The molecule has 0 aliphatic carbocycles. The summed E-state index contributed by atoms with van der Waals surface area (Å²) in [5, 5.41) is 0.446. The molecule has 0 atom stereocenters. The van der Waals surface area contributed by atoms with Crippen LogP contribution in [-0.2, 0) is 0 Å². The van der Waals surface area contributed by atoms with Crippen LogP contribution in [0.4, 0.5) is 4.39 Å². The van der Waals surface area contributed by atoms with E-state index in [-0.39, 0.29) is 11.6 Å². The summed E-state index contributed by atoms with van der Waals surface area (Å²) in [7, 11) is 0. The van der Waals surface area contributed by atoms with Crippen molar-refractivity contribution in [3.05, 3.63) is 70.0 Å². The fraction of sp³-hybridized carbons (Fsp3) is 0.0714. The molecule has 2 aromatic rings. The summed E-state index contributed by atoms with van der Waals surface area (Å²) >= 11 is 6.07. The van der Waals surface area contributed by atoms with Crippen LogP contribution in [0, 0.1) is 12.7 Å². The third-order valence-electron chi connectivity index (χ3n) is 2.54. The normalized spacial score (nSPS) is 10.3. The molecule has 0 saturated carbocycles. The minimum atomic E-state index is -0.364. The first kappa shape index (κ1) is 11.8. The molecule has 0 aliphatic heterocycles. The number of aryl methyl sites for hydroxylation is 1. The zero-order chi connectivity index (χ0) is 12.4. The fourth-order valence-electron chi connectivity index (χ4n) is 1.58. The lowest BCUT2D eigenvalue weighted by Gasteiger charge is -2.05. The minimum absolute atomic E-state index is 0.196. The fourth-order valence-corrected chi connectivity index (χ4v) is 1.79. The maximum absolute atomic E-state index is 12.8. The van der Waals surface area contributed by atoms with Gasteiger partial charge in [0.25, 0.3) is 0 Å². The summed E-state index contributed by atoms with van der Waals surface area (Å²) in [6, 6.07) is 10.7. The van der Waals surface area contributed by atoms with Crippen LogP contribution in [0.5, 0.6) is 0 Å². The highest BCUT2D eigenvalue weighted by Crippen LogP contribution is 2.23. The van der Waals surface area contributed by atoms with E-state index < -0.39 is 0 Å². The highest BCUT2D eigenvalue weighted by atomic mass is 35.5. The number of hydrogen-bond donors (Lipinski definition) is 0. The Morgan fingerprint density at radius 2 is 1.76 bits per heavy atom. The molecule has 0 unspecified atom stereocenters. The largest absolute Gasteiger partial charge is 0.289 e. The lowest BCUT2D eigenvalue weighted by atomic mass is 10.0. The Bertz CT molecular complexity index is 561. The van der Waals surface area contributed by atoms with Gasteiger partial charge in [0.05, 0.1) is 5.02 Å². The summed E-state index contributed by atoms with van der Waals surface area (Å²) in [6.07, 6.45) is 0. The number of halogens is 2. The van der Waals surface area contributed by atoms with E-state index in [4.69, 9.17) is 11.6 Å². The lowest BCUT2D eigenvalue weighted by Crippen LogP contribution is -2.02. The number of carbonyl (C=O) groups excluding carboxylic acids is 1. The van der Waals surface area contributed by atoms with Crippen LogP contribution < -0.4 is 0 Å². The van der Waals surface area contributed by atoms with Crippen molar-refractivity contribution in [3.8, 4) is 0 Å². The topological polar surface area (TPSA) is 17.1 Å². The molecule has 0 aliphatic rings. The van der Waals surface area contributed by atoms with Crippen molar-refractivity contribution < 1.29 is 9.18 Å². The van der Waals surface area contributed by atoms with E-state index in [2.05, 4.69) is 0 Å². The van der Waals surface area contributed by atoms with E-state index in [9.17, 15) is 9.18 Å². The number of rotatable bonds is 2. The summed E-state index contributed by atoms with van der Waals surface area (Å²) in [5.74, 6) is -0.560. The van der Waals surface area contributed by atoms with E-state index in [1.54, 1.807) is 12.1 Å². The van der Waals surface area contributed by atoms with Crippen LogP contribution in [0.25, 0.3) is 0 Å². The monoisotopic (exact) mass is 248 g/mol. The number of carbonyl (C=O) groups is 1. The van der Waals surface area contributed by atoms with Crippen LogP contribution in [0.1, 0.15) is 21.5 Å². The van der Waals surface area contributed by atoms with Gasteiger partial charge in [-0.25, -0.2) is 4.39 Å². The lowest BCUT2D eigenvalue weighted by molar-refractivity contribution is 0.103. The Morgan fingerprint density at radius 1 is 1.12 bits per heavy atom. The molecule has 2 aromatic carbocycles. The van der Waals surface area contributed by atoms with Gasteiger partial charge >= 0.3 is 0 Å². The van der Waals surface area contributed by atoms with Gasteiger partial charge < -0.3 is 0 Å². The van der Waals surface area contributed by atoms with Gasteiger partial charge in [0, 0.05) is 11.1 Å². The molecule has 1 nitrogen and oxygen atoms in total. The Balaban J connectivity index is 2.44. The average molecular weight is 249 g/mol. The second-order valence-corrected chi connectivity index (χ2v) is 4.15. The molecule has 0 spiro atoms. The summed E-state index contributed by atoms with van der Waals surface area (Å²) in [5.41, 5.74) is 1.72. The molecule has 0 saturated heterocycles. The second kappa shape index (κ2) is 4.68. The van der Waals surface area contributed by atoms with Crippen molar-refractivity contribution in [2.24, 2.45) is 0 Å². The van der Waals surface area contributed by atoms with Gasteiger partial charge in [0.15, 0.2) is 5.78 Å². The Hall–Kier alpha value is -1.67. The van der Waals surface area contributed by atoms with E-state index >= 15 is 0 Å². The molecular weight excluding hydrogens is 239 g/mol. The first-order valence-corrected chi connectivity index (χ1v) is 5.53. The summed E-state index contributed by atoms with van der Waals surface area (Å²) in [6.45, 7) is 1.84. The third-order valence-corrected chi connectivity index (χ3v) is 3.04. The molecule has 0 radical (unpaired) electrons. The van der Waals surface area contributed by atoms with Crippen LogP contribution >= 0.6 is 11.6 Å². The Morgan fingerprint density at radius 3 is 2.41 bits per heavy atom. The molecule has 17 heavy (non-hydrogen) atoms. The quantitative estimate of drug-likeness (QED) is 0.734. The number of hydrogen-bond acceptors (Lipinski definition) is 1. The van der Waals surface area contributed by atoms with Gasteiger partial charge in [-0.3, -0.25) is 4.79 Å². The molecule has 0 N–H and O–H groups in total. The van der Waals surface area contributed by atoms with Crippen molar-refractivity contribution >= 4 is 17.4 Å². The molecule has 86 valence electrons. The number of benzene rings is 2. The van der Waals surface area contributed by atoms with Crippen LogP contribution in [0.15, 0.2) is 42.5 Å². The molecule has 2 rings (SSSR count). The maximum Gasteiger partial charge on any atom is 0.194 e. The standard InChI is InChI=1S/C14H10ClFO/c1-9-3-2-4-12(13(9)15)14(17)10-5-7-11(16)8-6-10/h2-8H,1H3. The van der Waals surface area contributed by atoms with E-state index in [1.165, 1.54) is 24.3 Å². The smallest absolute Gasteiger partial charge is 0.194 e. The molecule has 0 heterocycles. The van der Waals surface area contributed by atoms with Crippen molar-refractivity contribution in [1.29, 1.82) is 0 Å². The van der Waals surface area contributed by atoms with E-state index in [1.807, 2.05) is 13.0 Å². The highest BCUT2D eigenvalue weighted by Gasteiger charge is 2.13. The van der Waals surface area contributed by atoms with Gasteiger partial charge in [-0.1, -0.05) is 23.7 Å². The number of ketones is 1. The van der Waals surface area contributed by atoms with Crippen molar-refractivity contribution in [1.82, 2.24) is 0 Å². The van der Waals surface area contributed by atoms with Crippen LogP contribution in [-0.4, -0.2) is 5.78 Å². The predicted molar refractivity (Wildman–Crippen MR) is 66.0 cm³/mol. The molecule has 3 heteroatoms. The van der Waals surface area contributed by atoms with Gasteiger partial charge in [-0.15, -0.1) is 0 Å². The van der Waals surface area contributed by atoms with E-state index in [0.29, 0.717) is 16.1 Å². The van der Waals surface area contributed by atoms with Crippen molar-refractivity contribution in [2.75, 3.05) is 0 Å². The first-order chi connectivity index (χ1) is 8.09. The molecule has 0 aromatic heterocycles. The van der Waals surface area contributed by atoms with Crippen molar-refractivity contribution in [2.45, 2.75) is 6.92 Å². The van der Waals surface area contributed by atoms with Gasteiger partial charge in [-0.05, 0) is 42.8 Å². The van der Waals surface area contributed by atoms with Gasteiger partial charge in [-0.2, -0.15) is 0 Å². The van der Waals surface area contributed by atoms with Crippen LogP contribution in [0.2, 0.25) is 5.02 Å². The first-order valence-electron chi connectivity index (χ1n) is 5.15. The van der Waals surface area contributed by atoms with Crippen molar-refractivity contribution in [3.63, 3.8) is 0 Å². The summed E-state index contributed by atoms with van der Waals surface area (Å²) in [4.78, 5) is 12.1. The van der Waals surface area contributed by atoms with Gasteiger partial charge in [0.2, 0.25) is 0 Å². The molecular formula is C14H10ClFO. The zero-order valence-electron chi connectivity index (χ0n) is 9.21. The maximum atomic E-state index is 12.8. The second-order valence-electron chi connectivity index (χ2n) is 3.77. The third kappa shape index (κ3) is 2.37. The Kier molecular flexibility index (Phi) is 3.25. The van der Waals surface area contributed by atoms with E-state index in [0.717, 1.165) is 5.56 Å². The Labute approximate surface area is 104 Å². The SMILES string of the molecule is Cc1cccc(C(=O)c2ccc(F)cc2)c1Cl. The highest BCUT2D eigenvalue weighted by molar-refractivity contribution is 6.35. The van der Waals surface area contributed by atoms with Gasteiger partial charge in [0.1, 0.15) is 5.82 Å². The minimum Gasteiger partial charge on any atom is -0.289 e. The zero-order valence-corrected chi connectivity index (χ0v) is 9.96. The average Bonchev–Trinajstić information content (AvgIpc) is 2.33. The summed E-state index contributed by atoms with van der Waals surface area (Å²) < 4.78 is 12.8. The molecule has 0 bridgehead atoms. The van der Waals surface area contributed by atoms with Crippen LogP contribution in [0.3, 0.4) is 0 Å². The molecule has 0 fully saturated rings.